The number of nitrogens with zero attached hydrogens (tertiary/aromatic N) is 2. The Morgan fingerprint density at radius 2 is 1.58 bits per heavy atom. The first-order chi connectivity index (χ1) is 15.1. The molecule has 0 unspecified atom stereocenters. The lowest BCUT2D eigenvalue weighted by Gasteiger charge is -2.23. The summed E-state index contributed by atoms with van der Waals surface area (Å²) >= 11 is 0. The van der Waals surface area contributed by atoms with Gasteiger partial charge >= 0.3 is 5.97 Å². The molecule has 31 heavy (non-hydrogen) atoms. The van der Waals surface area contributed by atoms with Crippen LogP contribution in [-0.2, 0) is 0 Å². The summed E-state index contributed by atoms with van der Waals surface area (Å²) in [6.07, 6.45) is 5.25. The molecule has 5 rings (SSSR count). The molecule has 6 nitrogen and oxygen atoms in total. The lowest BCUT2D eigenvalue weighted by molar-refractivity contribution is 0.0690. The highest BCUT2D eigenvalue weighted by molar-refractivity contribution is 5.86. The van der Waals surface area contributed by atoms with E-state index >= 15 is 0 Å². The number of H-pyrrole nitrogens is 1. The first-order valence-electron chi connectivity index (χ1n) is 10.7. The Kier molecular flexibility index (Phi) is 4.90. The van der Waals surface area contributed by atoms with Gasteiger partial charge in [0.15, 0.2) is 5.65 Å². The van der Waals surface area contributed by atoms with Crippen molar-refractivity contribution in [3.8, 4) is 22.4 Å². The highest BCUT2D eigenvalue weighted by atomic mass is 16.4. The molecule has 0 radical (unpaired) electrons. The quantitative estimate of drug-likeness (QED) is 0.487. The van der Waals surface area contributed by atoms with Crippen molar-refractivity contribution in [3.63, 3.8) is 0 Å². The summed E-state index contributed by atoms with van der Waals surface area (Å²) in [6.45, 7) is 0. The van der Waals surface area contributed by atoms with Gasteiger partial charge in [0.25, 0.3) is 5.56 Å². The van der Waals surface area contributed by atoms with Gasteiger partial charge in [0.05, 0.1) is 5.69 Å². The molecule has 0 saturated heterocycles. The summed E-state index contributed by atoms with van der Waals surface area (Å²) in [5, 5.41) is 12.0. The zero-order chi connectivity index (χ0) is 21.4. The van der Waals surface area contributed by atoms with Crippen LogP contribution in [-0.4, -0.2) is 25.7 Å². The van der Waals surface area contributed by atoms with E-state index in [0.29, 0.717) is 16.9 Å². The topological polar surface area (TPSA) is 87.5 Å². The first-order valence-corrected chi connectivity index (χ1v) is 10.7. The third-order valence-electron chi connectivity index (χ3n) is 6.16. The highest BCUT2D eigenvalue weighted by Crippen LogP contribution is 2.36. The van der Waals surface area contributed by atoms with E-state index in [4.69, 9.17) is 4.98 Å². The van der Waals surface area contributed by atoms with Gasteiger partial charge in [0.2, 0.25) is 0 Å². The predicted molar refractivity (Wildman–Crippen MR) is 119 cm³/mol. The maximum atomic E-state index is 13.4. The summed E-state index contributed by atoms with van der Waals surface area (Å²) in [7, 11) is 0. The van der Waals surface area contributed by atoms with Crippen LogP contribution in [0.1, 0.15) is 54.1 Å². The van der Waals surface area contributed by atoms with E-state index < -0.39 is 5.97 Å². The summed E-state index contributed by atoms with van der Waals surface area (Å²) in [5.41, 5.74) is 4.51. The van der Waals surface area contributed by atoms with Crippen molar-refractivity contribution in [3.05, 3.63) is 82.3 Å². The number of carbonyl (C=O) groups is 1. The minimum atomic E-state index is -1.11. The van der Waals surface area contributed by atoms with Crippen molar-refractivity contribution >= 4 is 11.6 Å². The fraction of sp³-hybridized carbons (Fsp3) is 0.240. The molecule has 0 aliphatic heterocycles. The molecule has 0 atom stereocenters. The van der Waals surface area contributed by atoms with Crippen LogP contribution >= 0.6 is 0 Å². The van der Waals surface area contributed by atoms with Gasteiger partial charge in [0.1, 0.15) is 5.69 Å². The number of aromatic amines is 1. The lowest BCUT2D eigenvalue weighted by Crippen LogP contribution is -2.25. The van der Waals surface area contributed by atoms with Crippen molar-refractivity contribution in [2.24, 2.45) is 0 Å². The molecular weight excluding hydrogens is 390 g/mol. The maximum Gasteiger partial charge on any atom is 0.353 e. The Labute approximate surface area is 179 Å². The number of carboxylic acids is 1. The highest BCUT2D eigenvalue weighted by Gasteiger charge is 2.26. The molecule has 1 saturated carbocycles. The second-order valence-electron chi connectivity index (χ2n) is 8.13. The normalized spacial score (nSPS) is 14.7. The Balaban J connectivity index is 1.67. The predicted octanol–water partition coefficient (Wildman–Crippen LogP) is 5.10. The maximum absolute atomic E-state index is 13.4. The molecule has 6 heteroatoms. The Morgan fingerprint density at radius 3 is 2.26 bits per heavy atom. The molecule has 0 amide bonds. The van der Waals surface area contributed by atoms with E-state index in [1.807, 2.05) is 42.5 Å². The average molecular weight is 413 g/mol. The fourth-order valence-corrected chi connectivity index (χ4v) is 4.58. The van der Waals surface area contributed by atoms with Gasteiger partial charge < -0.3 is 5.11 Å². The van der Waals surface area contributed by atoms with Gasteiger partial charge in [-0.1, -0.05) is 73.9 Å². The smallest absolute Gasteiger partial charge is 0.353 e. The van der Waals surface area contributed by atoms with Crippen molar-refractivity contribution in [1.29, 1.82) is 0 Å². The van der Waals surface area contributed by atoms with Crippen LogP contribution in [0.25, 0.3) is 28.0 Å². The number of fused-ring (bicyclic) bond motifs is 1. The van der Waals surface area contributed by atoms with Gasteiger partial charge in [-0.05, 0) is 29.9 Å². The Hall–Kier alpha value is -3.67. The summed E-state index contributed by atoms with van der Waals surface area (Å²) in [5.74, 6) is -0.982. The second kappa shape index (κ2) is 7.87. The molecule has 1 aliphatic rings. The number of nitrogens with one attached hydrogen (secondary N) is 1. The fourth-order valence-electron chi connectivity index (χ4n) is 4.58. The van der Waals surface area contributed by atoms with Crippen LogP contribution in [0.3, 0.4) is 0 Å². The van der Waals surface area contributed by atoms with Crippen LogP contribution in [0, 0.1) is 0 Å². The summed E-state index contributed by atoms with van der Waals surface area (Å²) < 4.78 is 1.27. The second-order valence-corrected chi connectivity index (χ2v) is 8.13. The van der Waals surface area contributed by atoms with E-state index in [0.717, 1.165) is 42.4 Å². The SMILES string of the molecule is O=C(O)c1cc2nc(-c3ccc(-c4ccccc4)cc3)c(C3CCCCC3)c(=O)n2[nH]1. The monoisotopic (exact) mass is 413 g/mol. The number of benzene rings is 2. The molecule has 0 spiro atoms. The molecule has 2 N–H and O–H groups in total. The van der Waals surface area contributed by atoms with Crippen LogP contribution < -0.4 is 5.56 Å². The van der Waals surface area contributed by atoms with Gasteiger partial charge in [-0.3, -0.25) is 9.89 Å². The Morgan fingerprint density at radius 1 is 0.935 bits per heavy atom. The van der Waals surface area contributed by atoms with Crippen LogP contribution in [0.15, 0.2) is 65.5 Å². The van der Waals surface area contributed by atoms with Gasteiger partial charge in [0, 0.05) is 17.2 Å². The Bertz CT molecular complexity index is 1300. The molecule has 2 heterocycles. The average Bonchev–Trinajstić information content (AvgIpc) is 3.25. The minimum Gasteiger partial charge on any atom is -0.477 e. The van der Waals surface area contributed by atoms with Crippen molar-refractivity contribution in [2.45, 2.75) is 38.0 Å². The zero-order valence-corrected chi connectivity index (χ0v) is 17.0. The zero-order valence-electron chi connectivity index (χ0n) is 17.0. The molecular formula is C25H23N3O3. The number of aromatic carboxylic acids is 1. The number of rotatable bonds is 4. The van der Waals surface area contributed by atoms with E-state index in [9.17, 15) is 14.7 Å². The minimum absolute atomic E-state index is 0.0456. The van der Waals surface area contributed by atoms with E-state index in [2.05, 4.69) is 17.2 Å². The lowest BCUT2D eigenvalue weighted by atomic mass is 9.83. The molecule has 2 aromatic heterocycles. The molecule has 1 fully saturated rings. The number of hydrogen-bond donors (Lipinski definition) is 2. The van der Waals surface area contributed by atoms with Gasteiger partial charge in [-0.2, -0.15) is 0 Å². The van der Waals surface area contributed by atoms with Crippen LogP contribution in [0.5, 0.6) is 0 Å². The third kappa shape index (κ3) is 3.54. The van der Waals surface area contributed by atoms with Crippen molar-refractivity contribution < 1.29 is 9.90 Å². The van der Waals surface area contributed by atoms with Crippen molar-refractivity contribution in [2.75, 3.05) is 0 Å². The summed E-state index contributed by atoms with van der Waals surface area (Å²) in [4.78, 5) is 29.6. The molecule has 0 bridgehead atoms. The van der Waals surface area contributed by atoms with E-state index in [1.54, 1.807) is 0 Å². The standard InChI is InChI=1S/C25H23N3O3/c29-24-22(18-9-5-2-6-10-18)23(26-21-15-20(25(30)31)27-28(21)24)19-13-11-17(12-14-19)16-7-3-1-4-8-16/h1,3-4,7-8,11-15,18,27H,2,5-6,9-10H2,(H,30,31). The van der Waals surface area contributed by atoms with Crippen LogP contribution in [0.2, 0.25) is 0 Å². The van der Waals surface area contributed by atoms with E-state index in [1.165, 1.54) is 17.0 Å². The number of hydrogen-bond acceptors (Lipinski definition) is 3. The summed E-state index contributed by atoms with van der Waals surface area (Å²) in [6, 6.07) is 19.6. The molecule has 1 aliphatic carbocycles. The third-order valence-corrected chi connectivity index (χ3v) is 6.16. The van der Waals surface area contributed by atoms with Crippen LogP contribution in [0.4, 0.5) is 0 Å². The van der Waals surface area contributed by atoms with E-state index in [-0.39, 0.29) is 17.2 Å². The van der Waals surface area contributed by atoms with Gasteiger partial charge in [-0.25, -0.2) is 14.3 Å². The molecule has 156 valence electrons. The molecule has 4 aromatic rings. The number of carboxylic acid groups (broad SMARTS) is 1. The largest absolute Gasteiger partial charge is 0.477 e. The molecule has 2 aromatic carbocycles. The van der Waals surface area contributed by atoms with Gasteiger partial charge in [-0.15, -0.1) is 0 Å². The first kappa shape index (κ1) is 19.3. The van der Waals surface area contributed by atoms with Crippen molar-refractivity contribution in [1.82, 2.24) is 14.6 Å². The number of aromatic nitrogens is 3.